The highest BCUT2D eigenvalue weighted by Gasteiger charge is 2.41. The molecule has 1 atom stereocenters. The Kier molecular flexibility index (Phi) is 3.85. The monoisotopic (exact) mass is 259 g/mol. The van der Waals surface area contributed by atoms with E-state index < -0.39 is 0 Å². The second-order valence-corrected chi connectivity index (χ2v) is 6.30. The number of piperazine rings is 1. The molecule has 1 saturated carbocycles. The number of hydrogen-bond acceptors (Lipinski definition) is 3. The SMILES string of the molecule is CC1CN(Cc2ccncc2)C2(CCCCC2)CN1. The van der Waals surface area contributed by atoms with Crippen LogP contribution in [0.1, 0.15) is 44.6 Å². The van der Waals surface area contributed by atoms with Crippen molar-refractivity contribution in [3.8, 4) is 0 Å². The second kappa shape index (κ2) is 5.59. The van der Waals surface area contributed by atoms with Gasteiger partial charge in [-0.2, -0.15) is 0 Å². The maximum absolute atomic E-state index is 4.13. The van der Waals surface area contributed by atoms with Crippen molar-refractivity contribution in [3.63, 3.8) is 0 Å². The molecule has 0 radical (unpaired) electrons. The van der Waals surface area contributed by atoms with Crippen LogP contribution >= 0.6 is 0 Å². The van der Waals surface area contributed by atoms with Gasteiger partial charge in [-0.3, -0.25) is 9.88 Å². The molecule has 3 rings (SSSR count). The molecule has 1 unspecified atom stereocenters. The Labute approximate surface area is 116 Å². The lowest BCUT2D eigenvalue weighted by Crippen LogP contribution is -2.64. The lowest BCUT2D eigenvalue weighted by atomic mass is 9.78. The Hall–Kier alpha value is -0.930. The molecule has 0 aromatic carbocycles. The Morgan fingerprint density at radius 1 is 1.26 bits per heavy atom. The molecule has 2 aliphatic rings. The second-order valence-electron chi connectivity index (χ2n) is 6.30. The van der Waals surface area contributed by atoms with E-state index in [1.165, 1.54) is 50.8 Å². The van der Waals surface area contributed by atoms with Crippen LogP contribution in [0.2, 0.25) is 0 Å². The minimum absolute atomic E-state index is 0.411. The smallest absolute Gasteiger partial charge is 0.0338 e. The van der Waals surface area contributed by atoms with Gasteiger partial charge in [-0.15, -0.1) is 0 Å². The van der Waals surface area contributed by atoms with E-state index in [2.05, 4.69) is 34.3 Å². The molecule has 2 fully saturated rings. The van der Waals surface area contributed by atoms with Gasteiger partial charge in [0.2, 0.25) is 0 Å². The van der Waals surface area contributed by atoms with Crippen LogP contribution in [0.15, 0.2) is 24.5 Å². The number of aromatic nitrogens is 1. The Morgan fingerprint density at radius 3 is 2.74 bits per heavy atom. The zero-order chi connectivity index (χ0) is 13.1. The maximum atomic E-state index is 4.13. The minimum Gasteiger partial charge on any atom is -0.311 e. The third-order valence-corrected chi connectivity index (χ3v) is 4.85. The van der Waals surface area contributed by atoms with Crippen LogP contribution in [0.5, 0.6) is 0 Å². The van der Waals surface area contributed by atoms with Crippen LogP contribution < -0.4 is 5.32 Å². The Balaban J connectivity index is 1.78. The van der Waals surface area contributed by atoms with E-state index in [1.807, 2.05) is 12.4 Å². The van der Waals surface area contributed by atoms with Crippen LogP contribution in [-0.2, 0) is 6.54 Å². The molecule has 3 nitrogen and oxygen atoms in total. The van der Waals surface area contributed by atoms with Gasteiger partial charge >= 0.3 is 0 Å². The van der Waals surface area contributed by atoms with E-state index in [9.17, 15) is 0 Å². The van der Waals surface area contributed by atoms with E-state index in [-0.39, 0.29) is 0 Å². The van der Waals surface area contributed by atoms with Gasteiger partial charge in [0, 0.05) is 43.6 Å². The number of rotatable bonds is 2. The Bertz CT molecular complexity index is 398. The number of pyridine rings is 1. The molecular formula is C16H25N3. The minimum atomic E-state index is 0.411. The average Bonchev–Trinajstić information content (AvgIpc) is 2.46. The largest absolute Gasteiger partial charge is 0.311 e. The third kappa shape index (κ3) is 2.82. The third-order valence-electron chi connectivity index (χ3n) is 4.85. The summed E-state index contributed by atoms with van der Waals surface area (Å²) in [5.74, 6) is 0. The first-order valence-corrected chi connectivity index (χ1v) is 7.66. The molecule has 3 heteroatoms. The van der Waals surface area contributed by atoms with Crippen molar-refractivity contribution >= 4 is 0 Å². The molecule has 1 aromatic rings. The van der Waals surface area contributed by atoms with Crippen LogP contribution in [0.4, 0.5) is 0 Å². The summed E-state index contributed by atoms with van der Waals surface area (Å²) in [6, 6.07) is 4.92. The summed E-state index contributed by atoms with van der Waals surface area (Å²) < 4.78 is 0. The molecule has 0 bridgehead atoms. The van der Waals surface area contributed by atoms with Crippen molar-refractivity contribution in [1.82, 2.24) is 15.2 Å². The number of nitrogens with one attached hydrogen (secondary N) is 1. The van der Waals surface area contributed by atoms with Gasteiger partial charge in [0.25, 0.3) is 0 Å². The molecule has 2 heterocycles. The molecule has 1 N–H and O–H groups in total. The van der Waals surface area contributed by atoms with Crippen molar-refractivity contribution in [2.75, 3.05) is 13.1 Å². The van der Waals surface area contributed by atoms with Crippen molar-refractivity contribution in [2.24, 2.45) is 0 Å². The molecule has 0 amide bonds. The molecule has 1 spiro atoms. The predicted octanol–water partition coefficient (Wildman–Crippen LogP) is 2.58. The highest BCUT2D eigenvalue weighted by molar-refractivity contribution is 5.12. The predicted molar refractivity (Wildman–Crippen MR) is 77.9 cm³/mol. The highest BCUT2D eigenvalue weighted by Crippen LogP contribution is 2.36. The van der Waals surface area contributed by atoms with E-state index >= 15 is 0 Å². The molecule has 1 aromatic heterocycles. The Morgan fingerprint density at radius 2 is 2.00 bits per heavy atom. The van der Waals surface area contributed by atoms with Crippen molar-refractivity contribution in [1.29, 1.82) is 0 Å². The first-order valence-electron chi connectivity index (χ1n) is 7.66. The number of nitrogens with zero attached hydrogens (tertiary/aromatic N) is 2. The fraction of sp³-hybridized carbons (Fsp3) is 0.688. The summed E-state index contributed by atoms with van der Waals surface area (Å²) in [6.07, 6.45) is 10.7. The molecule has 1 aliphatic carbocycles. The summed E-state index contributed by atoms with van der Waals surface area (Å²) in [5.41, 5.74) is 1.81. The van der Waals surface area contributed by atoms with Crippen LogP contribution in [0.3, 0.4) is 0 Å². The number of hydrogen-bond donors (Lipinski definition) is 1. The van der Waals surface area contributed by atoms with E-state index in [0.29, 0.717) is 11.6 Å². The van der Waals surface area contributed by atoms with Crippen LogP contribution in [0, 0.1) is 0 Å². The standard InChI is InChI=1S/C16H25N3/c1-14-11-19(12-15-5-9-17-10-6-15)16(13-18-14)7-3-2-4-8-16/h5-6,9-10,14,18H,2-4,7-8,11-13H2,1H3. The van der Waals surface area contributed by atoms with Gasteiger partial charge < -0.3 is 5.32 Å². The van der Waals surface area contributed by atoms with E-state index in [1.54, 1.807) is 0 Å². The van der Waals surface area contributed by atoms with Gasteiger partial charge in [0.05, 0.1) is 0 Å². The zero-order valence-electron chi connectivity index (χ0n) is 11.9. The van der Waals surface area contributed by atoms with Gasteiger partial charge in [0.15, 0.2) is 0 Å². The summed E-state index contributed by atoms with van der Waals surface area (Å²) in [5, 5.41) is 3.70. The van der Waals surface area contributed by atoms with E-state index in [4.69, 9.17) is 0 Å². The van der Waals surface area contributed by atoms with Gasteiger partial charge in [0.1, 0.15) is 0 Å². The van der Waals surface area contributed by atoms with Crippen molar-refractivity contribution in [2.45, 2.75) is 57.2 Å². The average molecular weight is 259 g/mol. The van der Waals surface area contributed by atoms with Gasteiger partial charge in [-0.1, -0.05) is 19.3 Å². The first-order chi connectivity index (χ1) is 9.28. The maximum Gasteiger partial charge on any atom is 0.0338 e. The normalized spacial score (nSPS) is 27.5. The summed E-state index contributed by atoms with van der Waals surface area (Å²) in [6.45, 7) is 5.71. The quantitative estimate of drug-likeness (QED) is 0.885. The fourth-order valence-electron chi connectivity index (χ4n) is 3.71. The molecule has 1 saturated heterocycles. The fourth-order valence-corrected chi connectivity index (χ4v) is 3.71. The van der Waals surface area contributed by atoms with Crippen molar-refractivity contribution < 1.29 is 0 Å². The highest BCUT2D eigenvalue weighted by atomic mass is 15.3. The lowest BCUT2D eigenvalue weighted by Gasteiger charge is -2.51. The van der Waals surface area contributed by atoms with Crippen LogP contribution in [0.25, 0.3) is 0 Å². The summed E-state index contributed by atoms with van der Waals surface area (Å²) >= 11 is 0. The summed E-state index contributed by atoms with van der Waals surface area (Å²) in [4.78, 5) is 6.87. The van der Waals surface area contributed by atoms with E-state index in [0.717, 1.165) is 6.54 Å². The van der Waals surface area contributed by atoms with Gasteiger partial charge in [-0.05, 0) is 37.5 Å². The molecule has 19 heavy (non-hydrogen) atoms. The van der Waals surface area contributed by atoms with Crippen LogP contribution in [-0.4, -0.2) is 34.6 Å². The van der Waals surface area contributed by atoms with Gasteiger partial charge in [-0.25, -0.2) is 0 Å². The molecule has 104 valence electrons. The zero-order valence-corrected chi connectivity index (χ0v) is 11.9. The first kappa shape index (κ1) is 13.1. The lowest BCUT2D eigenvalue weighted by molar-refractivity contribution is 0.00616. The molecular weight excluding hydrogens is 234 g/mol. The summed E-state index contributed by atoms with van der Waals surface area (Å²) in [7, 11) is 0. The topological polar surface area (TPSA) is 28.2 Å². The molecule has 1 aliphatic heterocycles. The van der Waals surface area contributed by atoms with Crippen molar-refractivity contribution in [3.05, 3.63) is 30.1 Å².